The second-order valence-corrected chi connectivity index (χ2v) is 8.13. The molecule has 0 radical (unpaired) electrons. The highest BCUT2D eigenvalue weighted by atomic mass is 16.2. The molecule has 30 heavy (non-hydrogen) atoms. The lowest BCUT2D eigenvalue weighted by atomic mass is 10.0. The van der Waals surface area contributed by atoms with E-state index in [1.54, 1.807) is 35.9 Å². The van der Waals surface area contributed by atoms with Gasteiger partial charge in [0, 0.05) is 36.9 Å². The molecule has 5 rings (SSSR count). The zero-order valence-corrected chi connectivity index (χ0v) is 17.5. The van der Waals surface area contributed by atoms with Crippen molar-refractivity contribution in [1.29, 1.82) is 0 Å². The van der Waals surface area contributed by atoms with Gasteiger partial charge >= 0.3 is 0 Å². The number of hydrogen-bond acceptors (Lipinski definition) is 3. The van der Waals surface area contributed by atoms with E-state index in [1.807, 2.05) is 19.1 Å². The Hall–Kier alpha value is -3.47. The van der Waals surface area contributed by atoms with Gasteiger partial charge in [-0.3, -0.25) is 9.48 Å². The fraction of sp³-hybridized carbons (Fsp3) is 0.240. The van der Waals surface area contributed by atoms with Crippen molar-refractivity contribution in [1.82, 2.24) is 14.8 Å². The number of carbonyl (C=O) groups is 1. The van der Waals surface area contributed by atoms with E-state index in [9.17, 15) is 4.79 Å². The Kier molecular flexibility index (Phi) is 4.39. The highest BCUT2D eigenvalue weighted by Crippen LogP contribution is 2.41. The van der Waals surface area contributed by atoms with E-state index in [0.717, 1.165) is 33.9 Å². The largest absolute Gasteiger partial charge is 0.310 e. The number of amides is 1. The first-order valence-corrected chi connectivity index (χ1v) is 10.3. The monoisotopic (exact) mass is 396 g/mol. The van der Waals surface area contributed by atoms with Gasteiger partial charge in [0.25, 0.3) is 5.91 Å². The summed E-state index contributed by atoms with van der Waals surface area (Å²) in [5.74, 6) is 0.663. The Labute approximate surface area is 176 Å². The van der Waals surface area contributed by atoms with Gasteiger partial charge in [0.05, 0.1) is 11.2 Å². The molecule has 0 atom stereocenters. The van der Waals surface area contributed by atoms with Crippen LogP contribution in [0.25, 0.3) is 22.2 Å². The van der Waals surface area contributed by atoms with Gasteiger partial charge in [-0.05, 0) is 73.2 Å². The minimum atomic E-state index is -0.0823. The van der Waals surface area contributed by atoms with Crippen molar-refractivity contribution >= 4 is 22.5 Å². The van der Waals surface area contributed by atoms with Crippen LogP contribution in [0, 0.1) is 6.92 Å². The van der Waals surface area contributed by atoms with E-state index in [2.05, 4.69) is 41.5 Å². The summed E-state index contributed by atoms with van der Waals surface area (Å²) in [6.07, 6.45) is 4.25. The SMILES string of the molecule is Cc1cc(-c2ccc3cc(C4CC4)ccc3n2)ccc1N(C)C(=O)c1ccnn1C. The maximum Gasteiger partial charge on any atom is 0.276 e. The molecule has 1 aliphatic rings. The fourth-order valence-electron chi connectivity index (χ4n) is 4.03. The van der Waals surface area contributed by atoms with Gasteiger partial charge in [-0.15, -0.1) is 0 Å². The number of carbonyl (C=O) groups excluding carboxylic acids is 1. The number of aromatic nitrogens is 3. The first-order valence-electron chi connectivity index (χ1n) is 10.3. The number of hydrogen-bond donors (Lipinski definition) is 0. The van der Waals surface area contributed by atoms with Crippen LogP contribution in [0.5, 0.6) is 0 Å². The average Bonchev–Trinajstić information content (AvgIpc) is 3.52. The lowest BCUT2D eigenvalue weighted by Crippen LogP contribution is -2.28. The molecule has 150 valence electrons. The van der Waals surface area contributed by atoms with Gasteiger partial charge in [-0.25, -0.2) is 4.98 Å². The Morgan fingerprint density at radius 2 is 1.90 bits per heavy atom. The van der Waals surface area contributed by atoms with Gasteiger partial charge in [0.1, 0.15) is 5.69 Å². The average molecular weight is 396 g/mol. The first kappa shape index (κ1) is 18.6. The van der Waals surface area contributed by atoms with Crippen LogP contribution in [0.4, 0.5) is 5.69 Å². The summed E-state index contributed by atoms with van der Waals surface area (Å²) in [5, 5.41) is 5.29. The molecular formula is C25H24N4O. The number of pyridine rings is 1. The van der Waals surface area contributed by atoms with Crippen molar-refractivity contribution in [3.05, 3.63) is 77.6 Å². The third-order valence-electron chi connectivity index (χ3n) is 5.96. The van der Waals surface area contributed by atoms with Crippen LogP contribution < -0.4 is 4.90 Å². The number of aryl methyl sites for hydroxylation is 2. The zero-order chi connectivity index (χ0) is 20.8. The molecule has 2 aromatic carbocycles. The molecule has 5 nitrogen and oxygen atoms in total. The molecule has 1 saturated carbocycles. The molecule has 0 unspecified atom stereocenters. The van der Waals surface area contributed by atoms with Crippen LogP contribution in [-0.4, -0.2) is 27.7 Å². The lowest BCUT2D eigenvalue weighted by Gasteiger charge is -2.20. The number of rotatable bonds is 4. The summed E-state index contributed by atoms with van der Waals surface area (Å²) < 4.78 is 1.59. The second-order valence-electron chi connectivity index (χ2n) is 8.13. The van der Waals surface area contributed by atoms with Crippen molar-refractivity contribution < 1.29 is 4.79 Å². The van der Waals surface area contributed by atoms with E-state index < -0.39 is 0 Å². The van der Waals surface area contributed by atoms with Crippen LogP contribution in [0.3, 0.4) is 0 Å². The molecule has 0 spiro atoms. The van der Waals surface area contributed by atoms with Crippen LogP contribution >= 0.6 is 0 Å². The Bertz CT molecular complexity index is 1270. The van der Waals surface area contributed by atoms with Crippen molar-refractivity contribution in [2.24, 2.45) is 7.05 Å². The van der Waals surface area contributed by atoms with E-state index in [1.165, 1.54) is 23.8 Å². The minimum Gasteiger partial charge on any atom is -0.310 e. The van der Waals surface area contributed by atoms with Crippen LogP contribution in [0.15, 0.2) is 60.8 Å². The molecule has 2 heterocycles. The van der Waals surface area contributed by atoms with E-state index in [4.69, 9.17) is 4.98 Å². The summed E-state index contributed by atoms with van der Waals surface area (Å²) in [6.45, 7) is 2.02. The number of anilines is 1. The predicted molar refractivity (Wildman–Crippen MR) is 120 cm³/mol. The Morgan fingerprint density at radius 3 is 2.60 bits per heavy atom. The number of fused-ring (bicyclic) bond motifs is 1. The van der Waals surface area contributed by atoms with Crippen LogP contribution in [-0.2, 0) is 7.05 Å². The molecule has 5 heteroatoms. The molecule has 0 bridgehead atoms. The number of benzene rings is 2. The van der Waals surface area contributed by atoms with Crippen LogP contribution in [0.2, 0.25) is 0 Å². The smallest absolute Gasteiger partial charge is 0.276 e. The summed E-state index contributed by atoms with van der Waals surface area (Å²) in [5.41, 5.74) is 6.89. The van der Waals surface area contributed by atoms with Crippen molar-refractivity contribution in [2.75, 3.05) is 11.9 Å². The third-order valence-corrected chi connectivity index (χ3v) is 5.96. The normalized spacial score (nSPS) is 13.6. The molecule has 1 aliphatic carbocycles. The van der Waals surface area contributed by atoms with Gasteiger partial charge in [0.2, 0.25) is 0 Å². The van der Waals surface area contributed by atoms with E-state index in [0.29, 0.717) is 5.69 Å². The van der Waals surface area contributed by atoms with Crippen molar-refractivity contribution in [2.45, 2.75) is 25.7 Å². The molecule has 2 aromatic heterocycles. The van der Waals surface area contributed by atoms with Gasteiger partial charge < -0.3 is 4.90 Å². The summed E-state index contributed by atoms with van der Waals surface area (Å²) in [7, 11) is 3.57. The number of nitrogens with zero attached hydrogens (tertiary/aromatic N) is 4. The van der Waals surface area contributed by atoms with E-state index >= 15 is 0 Å². The molecule has 0 saturated heterocycles. The maximum atomic E-state index is 12.8. The summed E-state index contributed by atoms with van der Waals surface area (Å²) >= 11 is 0. The van der Waals surface area contributed by atoms with Gasteiger partial charge in [0.15, 0.2) is 0 Å². The van der Waals surface area contributed by atoms with Crippen molar-refractivity contribution in [3.63, 3.8) is 0 Å². The van der Waals surface area contributed by atoms with Gasteiger partial charge in [-0.2, -0.15) is 5.10 Å². The zero-order valence-electron chi connectivity index (χ0n) is 17.5. The Balaban J connectivity index is 1.44. The van der Waals surface area contributed by atoms with Gasteiger partial charge in [-0.1, -0.05) is 18.2 Å². The standard InChI is InChI=1S/C25H24N4O/c1-16-14-19(8-11-23(16)28(2)25(30)24-12-13-26-29(24)3)21-10-7-20-15-18(17-4-5-17)6-9-22(20)27-21/h6-15,17H,4-5H2,1-3H3. The molecule has 1 fully saturated rings. The second kappa shape index (κ2) is 7.10. The molecule has 4 aromatic rings. The third kappa shape index (κ3) is 3.26. The first-order chi connectivity index (χ1) is 14.5. The predicted octanol–water partition coefficient (Wildman–Crippen LogP) is 5.10. The Morgan fingerprint density at radius 1 is 1.07 bits per heavy atom. The molecular weight excluding hydrogens is 372 g/mol. The molecule has 0 N–H and O–H groups in total. The fourth-order valence-corrected chi connectivity index (χ4v) is 4.03. The minimum absolute atomic E-state index is 0.0823. The molecule has 0 aliphatic heterocycles. The highest BCUT2D eigenvalue weighted by molar-refractivity contribution is 6.05. The summed E-state index contributed by atoms with van der Waals surface area (Å²) in [4.78, 5) is 19.4. The summed E-state index contributed by atoms with van der Waals surface area (Å²) in [6, 6.07) is 18.7. The lowest BCUT2D eigenvalue weighted by molar-refractivity contribution is 0.0984. The topological polar surface area (TPSA) is 51.0 Å². The van der Waals surface area contributed by atoms with Crippen molar-refractivity contribution in [3.8, 4) is 11.3 Å². The maximum absolute atomic E-state index is 12.8. The van der Waals surface area contributed by atoms with E-state index in [-0.39, 0.29) is 5.91 Å². The molecule has 1 amide bonds. The highest BCUT2D eigenvalue weighted by Gasteiger charge is 2.23. The quantitative estimate of drug-likeness (QED) is 0.482. The van der Waals surface area contributed by atoms with Crippen LogP contribution in [0.1, 0.15) is 40.4 Å².